The fourth-order valence-electron chi connectivity index (χ4n) is 1.64. The lowest BCUT2D eigenvalue weighted by atomic mass is 10.2. The summed E-state index contributed by atoms with van der Waals surface area (Å²) in [6.45, 7) is 2.08. The molecule has 1 aromatic rings. The van der Waals surface area contributed by atoms with Gasteiger partial charge in [0.05, 0.1) is 7.11 Å². The first kappa shape index (κ1) is 14.9. The number of hydrogen-bond donors (Lipinski definition) is 2. The molecular weight excluding hydrogens is 238 g/mol. The molecule has 3 nitrogen and oxygen atoms in total. The van der Waals surface area contributed by atoms with Crippen LogP contribution in [0.5, 0.6) is 5.75 Å². The number of nitrogens with one attached hydrogen (secondary N) is 2. The van der Waals surface area contributed by atoms with E-state index < -0.39 is 11.6 Å². The first-order chi connectivity index (χ1) is 8.69. The SMILES string of the molecule is CNCCCCNCc1cc(F)c(OC)cc1F. The Labute approximate surface area is 107 Å². The molecule has 0 amide bonds. The molecule has 2 N–H and O–H groups in total. The van der Waals surface area contributed by atoms with Crippen molar-refractivity contribution in [3.63, 3.8) is 0 Å². The number of ether oxygens (including phenoxy) is 1. The van der Waals surface area contributed by atoms with Gasteiger partial charge in [0, 0.05) is 18.2 Å². The van der Waals surface area contributed by atoms with Crippen molar-refractivity contribution in [1.29, 1.82) is 0 Å². The molecule has 102 valence electrons. The minimum atomic E-state index is -0.536. The Morgan fingerprint density at radius 3 is 2.50 bits per heavy atom. The van der Waals surface area contributed by atoms with Crippen molar-refractivity contribution in [2.45, 2.75) is 19.4 Å². The van der Waals surface area contributed by atoms with Crippen molar-refractivity contribution in [3.05, 3.63) is 29.3 Å². The Morgan fingerprint density at radius 2 is 1.83 bits per heavy atom. The minimum Gasteiger partial charge on any atom is -0.494 e. The Bertz CT molecular complexity index is 372. The second-order valence-corrected chi connectivity index (χ2v) is 4.07. The number of unbranched alkanes of at least 4 members (excludes halogenated alkanes) is 1. The van der Waals surface area contributed by atoms with Crippen LogP contribution in [0.3, 0.4) is 0 Å². The molecule has 0 saturated carbocycles. The highest BCUT2D eigenvalue weighted by molar-refractivity contribution is 5.30. The largest absolute Gasteiger partial charge is 0.494 e. The highest BCUT2D eigenvalue weighted by Gasteiger charge is 2.09. The van der Waals surface area contributed by atoms with Gasteiger partial charge in [-0.05, 0) is 39.0 Å². The molecule has 0 bridgehead atoms. The Hall–Kier alpha value is -1.20. The molecule has 0 aliphatic heterocycles. The van der Waals surface area contributed by atoms with Crippen LogP contribution in [-0.4, -0.2) is 27.2 Å². The predicted octanol–water partition coefficient (Wildman–Crippen LogP) is 2.06. The van der Waals surface area contributed by atoms with Gasteiger partial charge in [0.2, 0.25) is 0 Å². The molecule has 0 fully saturated rings. The zero-order valence-electron chi connectivity index (χ0n) is 10.9. The summed E-state index contributed by atoms with van der Waals surface area (Å²) in [5.41, 5.74) is 0.321. The molecule has 0 aliphatic carbocycles. The fraction of sp³-hybridized carbons (Fsp3) is 0.538. The number of halogens is 2. The van der Waals surface area contributed by atoms with Crippen LogP contribution in [0.15, 0.2) is 12.1 Å². The van der Waals surface area contributed by atoms with Crippen LogP contribution in [-0.2, 0) is 6.54 Å². The molecule has 0 atom stereocenters. The van der Waals surface area contributed by atoms with Gasteiger partial charge in [-0.3, -0.25) is 0 Å². The van der Waals surface area contributed by atoms with Crippen molar-refractivity contribution in [1.82, 2.24) is 10.6 Å². The fourth-order valence-corrected chi connectivity index (χ4v) is 1.64. The molecule has 1 rings (SSSR count). The summed E-state index contributed by atoms with van der Waals surface area (Å²) >= 11 is 0. The minimum absolute atomic E-state index is 0.0646. The monoisotopic (exact) mass is 258 g/mol. The molecular formula is C13H20F2N2O. The molecule has 1 aromatic carbocycles. The van der Waals surface area contributed by atoms with Crippen molar-refractivity contribution in [3.8, 4) is 5.75 Å². The zero-order chi connectivity index (χ0) is 13.4. The third-order valence-corrected chi connectivity index (χ3v) is 2.67. The second kappa shape index (κ2) is 8.00. The van der Waals surface area contributed by atoms with Gasteiger partial charge >= 0.3 is 0 Å². The normalized spacial score (nSPS) is 10.7. The molecule has 0 saturated heterocycles. The van der Waals surface area contributed by atoms with E-state index >= 15 is 0 Å². The van der Waals surface area contributed by atoms with Gasteiger partial charge in [-0.2, -0.15) is 0 Å². The number of rotatable bonds is 8. The molecule has 0 unspecified atom stereocenters. The van der Waals surface area contributed by atoms with Gasteiger partial charge in [-0.15, -0.1) is 0 Å². The average Bonchev–Trinajstić information content (AvgIpc) is 2.37. The van der Waals surface area contributed by atoms with E-state index in [4.69, 9.17) is 4.74 Å². The van der Waals surface area contributed by atoms with Crippen LogP contribution in [0.2, 0.25) is 0 Å². The van der Waals surface area contributed by atoms with E-state index in [1.807, 2.05) is 7.05 Å². The Kier molecular flexibility index (Phi) is 6.60. The van der Waals surface area contributed by atoms with Gasteiger partial charge in [-0.25, -0.2) is 8.78 Å². The van der Waals surface area contributed by atoms with E-state index in [0.29, 0.717) is 12.1 Å². The summed E-state index contributed by atoms with van der Waals surface area (Å²) in [6, 6.07) is 2.25. The average molecular weight is 258 g/mol. The van der Waals surface area contributed by atoms with Gasteiger partial charge < -0.3 is 15.4 Å². The van der Waals surface area contributed by atoms with Gasteiger partial charge in [-0.1, -0.05) is 0 Å². The standard InChI is InChI=1S/C13H20F2N2O/c1-16-5-3-4-6-17-9-10-7-12(15)13(18-2)8-11(10)14/h7-8,16-17H,3-6,9H2,1-2H3. The van der Waals surface area contributed by atoms with Crippen LogP contribution in [0.25, 0.3) is 0 Å². The lowest BCUT2D eigenvalue weighted by Crippen LogP contribution is -2.17. The van der Waals surface area contributed by atoms with Crippen LogP contribution in [0.4, 0.5) is 8.78 Å². The maximum absolute atomic E-state index is 13.6. The third-order valence-electron chi connectivity index (χ3n) is 2.67. The van der Waals surface area contributed by atoms with Crippen LogP contribution < -0.4 is 15.4 Å². The lowest BCUT2D eigenvalue weighted by molar-refractivity contribution is 0.381. The highest BCUT2D eigenvalue weighted by Crippen LogP contribution is 2.21. The van der Waals surface area contributed by atoms with Crippen molar-refractivity contribution in [2.24, 2.45) is 0 Å². The van der Waals surface area contributed by atoms with Crippen LogP contribution in [0, 0.1) is 11.6 Å². The summed E-state index contributed by atoms with van der Waals surface area (Å²) < 4.78 is 31.6. The number of hydrogen-bond acceptors (Lipinski definition) is 3. The molecule has 0 spiro atoms. The molecule has 0 radical (unpaired) electrons. The molecule has 0 aliphatic rings. The molecule has 5 heteroatoms. The first-order valence-electron chi connectivity index (χ1n) is 6.06. The summed E-state index contributed by atoms with van der Waals surface area (Å²) in [5.74, 6) is -1.05. The second-order valence-electron chi connectivity index (χ2n) is 4.07. The summed E-state index contributed by atoms with van der Waals surface area (Å²) in [4.78, 5) is 0. The molecule has 0 aromatic heterocycles. The van der Waals surface area contributed by atoms with Crippen molar-refractivity contribution < 1.29 is 13.5 Å². The molecule has 0 heterocycles. The van der Waals surface area contributed by atoms with Crippen LogP contribution >= 0.6 is 0 Å². The lowest BCUT2D eigenvalue weighted by Gasteiger charge is -2.08. The molecule has 18 heavy (non-hydrogen) atoms. The summed E-state index contributed by atoms with van der Waals surface area (Å²) in [7, 11) is 3.22. The number of benzene rings is 1. The first-order valence-corrected chi connectivity index (χ1v) is 6.06. The maximum Gasteiger partial charge on any atom is 0.165 e. The van der Waals surface area contributed by atoms with Gasteiger partial charge in [0.1, 0.15) is 5.82 Å². The van der Waals surface area contributed by atoms with Gasteiger partial charge in [0.25, 0.3) is 0 Å². The van der Waals surface area contributed by atoms with E-state index in [1.165, 1.54) is 13.2 Å². The van der Waals surface area contributed by atoms with Gasteiger partial charge in [0.15, 0.2) is 11.6 Å². The van der Waals surface area contributed by atoms with E-state index in [2.05, 4.69) is 10.6 Å². The number of methoxy groups -OCH3 is 1. The van der Waals surface area contributed by atoms with Crippen molar-refractivity contribution >= 4 is 0 Å². The summed E-state index contributed by atoms with van der Waals surface area (Å²) in [6.07, 6.45) is 2.06. The topological polar surface area (TPSA) is 33.3 Å². The van der Waals surface area contributed by atoms with E-state index in [0.717, 1.165) is 32.0 Å². The van der Waals surface area contributed by atoms with E-state index in [1.54, 1.807) is 0 Å². The van der Waals surface area contributed by atoms with Crippen molar-refractivity contribution in [2.75, 3.05) is 27.2 Å². The summed E-state index contributed by atoms with van der Waals surface area (Å²) in [5, 5.41) is 6.15. The Morgan fingerprint density at radius 1 is 1.11 bits per heavy atom. The smallest absolute Gasteiger partial charge is 0.165 e. The zero-order valence-corrected chi connectivity index (χ0v) is 10.9. The maximum atomic E-state index is 13.6. The van der Waals surface area contributed by atoms with Crippen LogP contribution in [0.1, 0.15) is 18.4 Å². The Balaban J connectivity index is 2.40. The highest BCUT2D eigenvalue weighted by atomic mass is 19.1. The quantitative estimate of drug-likeness (QED) is 0.700. The van der Waals surface area contributed by atoms with E-state index in [-0.39, 0.29) is 5.75 Å². The third kappa shape index (κ3) is 4.58. The van der Waals surface area contributed by atoms with E-state index in [9.17, 15) is 8.78 Å². The predicted molar refractivity (Wildman–Crippen MR) is 67.8 cm³/mol.